The third-order valence-electron chi connectivity index (χ3n) is 3.40. The largest absolute Gasteiger partial charge is 0.497 e. The lowest BCUT2D eigenvalue weighted by molar-refractivity contribution is -0.111. The summed E-state index contributed by atoms with van der Waals surface area (Å²) in [4.78, 5) is 12.0. The van der Waals surface area contributed by atoms with E-state index in [9.17, 15) is 4.79 Å². The van der Waals surface area contributed by atoms with E-state index in [4.69, 9.17) is 21.1 Å². The van der Waals surface area contributed by atoms with Gasteiger partial charge in [0.1, 0.15) is 11.5 Å². The molecule has 1 N–H and O–H groups in total. The summed E-state index contributed by atoms with van der Waals surface area (Å²) in [6.07, 6.45) is 4.79. The zero-order valence-corrected chi connectivity index (χ0v) is 17.1. The number of benzene rings is 2. The van der Waals surface area contributed by atoms with E-state index in [1.807, 2.05) is 45.0 Å². The van der Waals surface area contributed by atoms with Gasteiger partial charge in [0.25, 0.3) is 0 Å². The van der Waals surface area contributed by atoms with E-state index in [0.717, 1.165) is 11.1 Å². The van der Waals surface area contributed by atoms with E-state index < -0.39 is 0 Å². The summed E-state index contributed by atoms with van der Waals surface area (Å²) in [6.45, 7) is 5.94. The SMILES string of the molecule is CC.CO/C(=C\C=C\C(=O)Nc1cc(C)cc(OC)c1)c1ccc(Cl)cc1. The minimum absolute atomic E-state index is 0.240. The zero-order valence-electron chi connectivity index (χ0n) is 16.4. The number of carbonyl (C=O) groups is 1. The molecule has 2 aromatic carbocycles. The summed E-state index contributed by atoms with van der Waals surface area (Å²) in [6, 6.07) is 12.8. The molecule has 0 spiro atoms. The first-order valence-corrected chi connectivity index (χ1v) is 9.04. The predicted molar refractivity (Wildman–Crippen MR) is 113 cm³/mol. The Morgan fingerprint density at radius 2 is 1.74 bits per heavy atom. The zero-order chi connectivity index (χ0) is 20.2. The average Bonchev–Trinajstić information content (AvgIpc) is 2.67. The molecule has 0 fully saturated rings. The molecule has 1 amide bonds. The van der Waals surface area contributed by atoms with Gasteiger partial charge in [-0.2, -0.15) is 0 Å². The van der Waals surface area contributed by atoms with E-state index in [-0.39, 0.29) is 5.91 Å². The molecule has 2 aromatic rings. The van der Waals surface area contributed by atoms with Crippen LogP contribution in [0.4, 0.5) is 5.69 Å². The Bertz CT molecular complexity index is 796. The molecule has 2 rings (SSSR count). The minimum atomic E-state index is -0.240. The van der Waals surface area contributed by atoms with Gasteiger partial charge in [-0.25, -0.2) is 0 Å². The van der Waals surface area contributed by atoms with Gasteiger partial charge in [-0.3, -0.25) is 4.79 Å². The van der Waals surface area contributed by atoms with E-state index in [2.05, 4.69) is 5.32 Å². The van der Waals surface area contributed by atoms with Crippen LogP contribution in [0.1, 0.15) is 25.0 Å². The number of hydrogen-bond acceptors (Lipinski definition) is 3. The molecule has 0 unspecified atom stereocenters. The van der Waals surface area contributed by atoms with Crippen LogP contribution in [0.25, 0.3) is 5.76 Å². The van der Waals surface area contributed by atoms with Gasteiger partial charge in [0, 0.05) is 28.4 Å². The lowest BCUT2D eigenvalue weighted by Crippen LogP contribution is -2.08. The Hall–Kier alpha value is -2.72. The molecule has 0 bridgehead atoms. The summed E-state index contributed by atoms with van der Waals surface area (Å²) < 4.78 is 10.5. The van der Waals surface area contributed by atoms with Crippen LogP contribution >= 0.6 is 11.6 Å². The second kappa shape index (κ2) is 11.8. The van der Waals surface area contributed by atoms with Crippen LogP contribution in [0.15, 0.2) is 60.7 Å². The molecule has 0 saturated carbocycles. The molecule has 0 aliphatic rings. The van der Waals surface area contributed by atoms with E-state index in [1.165, 1.54) is 6.08 Å². The van der Waals surface area contributed by atoms with Crippen LogP contribution in [0, 0.1) is 6.92 Å². The second-order valence-corrected chi connectivity index (χ2v) is 5.77. The van der Waals surface area contributed by atoms with Crippen molar-refractivity contribution in [2.45, 2.75) is 20.8 Å². The maximum absolute atomic E-state index is 12.0. The maximum atomic E-state index is 12.0. The highest BCUT2D eigenvalue weighted by molar-refractivity contribution is 6.30. The Kier molecular flexibility index (Phi) is 9.76. The van der Waals surface area contributed by atoms with Crippen molar-refractivity contribution in [1.82, 2.24) is 0 Å². The maximum Gasteiger partial charge on any atom is 0.248 e. The quantitative estimate of drug-likeness (QED) is 0.383. The van der Waals surface area contributed by atoms with Crippen LogP contribution in [0.2, 0.25) is 5.02 Å². The molecule has 0 aliphatic carbocycles. The summed E-state index contributed by atoms with van der Waals surface area (Å²) >= 11 is 5.88. The third-order valence-corrected chi connectivity index (χ3v) is 3.65. The van der Waals surface area contributed by atoms with E-state index in [0.29, 0.717) is 22.2 Å². The van der Waals surface area contributed by atoms with Gasteiger partial charge in [0.2, 0.25) is 5.91 Å². The number of anilines is 1. The molecule has 0 saturated heterocycles. The van der Waals surface area contributed by atoms with Crippen molar-refractivity contribution in [1.29, 1.82) is 0 Å². The van der Waals surface area contributed by atoms with Gasteiger partial charge in [0.05, 0.1) is 14.2 Å². The lowest BCUT2D eigenvalue weighted by atomic mass is 10.2. The van der Waals surface area contributed by atoms with Crippen molar-refractivity contribution in [3.05, 3.63) is 76.8 Å². The predicted octanol–water partition coefficient (Wildman–Crippen LogP) is 5.87. The Labute approximate surface area is 166 Å². The molecule has 0 aromatic heterocycles. The number of rotatable bonds is 6. The van der Waals surface area contributed by atoms with Gasteiger partial charge in [-0.15, -0.1) is 0 Å². The van der Waals surface area contributed by atoms with Crippen molar-refractivity contribution < 1.29 is 14.3 Å². The third kappa shape index (κ3) is 7.59. The summed E-state index contributed by atoms with van der Waals surface area (Å²) in [5.41, 5.74) is 2.56. The van der Waals surface area contributed by atoms with E-state index in [1.54, 1.807) is 44.6 Å². The Morgan fingerprint density at radius 3 is 2.33 bits per heavy atom. The van der Waals surface area contributed by atoms with Crippen LogP contribution in [0.3, 0.4) is 0 Å². The highest BCUT2D eigenvalue weighted by Gasteiger charge is 2.02. The number of amides is 1. The highest BCUT2D eigenvalue weighted by atomic mass is 35.5. The number of methoxy groups -OCH3 is 2. The van der Waals surface area contributed by atoms with Gasteiger partial charge in [-0.1, -0.05) is 31.5 Å². The van der Waals surface area contributed by atoms with Crippen LogP contribution < -0.4 is 10.1 Å². The molecular formula is C22H26ClNO3. The first-order chi connectivity index (χ1) is 13.0. The van der Waals surface area contributed by atoms with Crippen molar-refractivity contribution in [2.24, 2.45) is 0 Å². The molecule has 0 heterocycles. The smallest absolute Gasteiger partial charge is 0.248 e. The number of hydrogen-bond donors (Lipinski definition) is 1. The normalized spacial score (nSPS) is 10.8. The summed E-state index contributed by atoms with van der Waals surface area (Å²) in [7, 11) is 3.17. The standard InChI is InChI=1S/C20H20ClNO3.C2H6/c1-14-11-17(13-18(12-14)24-2)22-20(23)6-4-5-19(25-3)15-7-9-16(21)10-8-15;1-2/h4-13H,1-3H3,(H,22,23);1-2H3/b6-4+,19-5-;. The number of nitrogens with one attached hydrogen (secondary N) is 1. The number of allylic oxidation sites excluding steroid dienone is 2. The van der Waals surface area contributed by atoms with Crippen LogP contribution in [-0.4, -0.2) is 20.1 Å². The van der Waals surface area contributed by atoms with Crippen LogP contribution in [-0.2, 0) is 9.53 Å². The van der Waals surface area contributed by atoms with Crippen molar-refractivity contribution in [3.63, 3.8) is 0 Å². The first kappa shape index (κ1) is 22.3. The van der Waals surface area contributed by atoms with E-state index >= 15 is 0 Å². The van der Waals surface area contributed by atoms with Gasteiger partial charge in [0.15, 0.2) is 0 Å². The fourth-order valence-electron chi connectivity index (χ4n) is 2.24. The highest BCUT2D eigenvalue weighted by Crippen LogP contribution is 2.20. The average molecular weight is 388 g/mol. The number of carbonyl (C=O) groups excluding carboxylic acids is 1. The van der Waals surface area contributed by atoms with Gasteiger partial charge < -0.3 is 14.8 Å². The molecule has 0 aliphatic heterocycles. The molecule has 4 nitrogen and oxygen atoms in total. The molecule has 0 atom stereocenters. The number of aryl methyl sites for hydroxylation is 1. The van der Waals surface area contributed by atoms with Gasteiger partial charge in [-0.05, 0) is 55.0 Å². The number of halogens is 1. The van der Waals surface area contributed by atoms with Crippen LogP contribution in [0.5, 0.6) is 5.75 Å². The lowest BCUT2D eigenvalue weighted by Gasteiger charge is -2.07. The summed E-state index contributed by atoms with van der Waals surface area (Å²) in [5, 5.41) is 3.46. The Morgan fingerprint density at radius 1 is 1.07 bits per heavy atom. The monoisotopic (exact) mass is 387 g/mol. The first-order valence-electron chi connectivity index (χ1n) is 8.67. The topological polar surface area (TPSA) is 47.6 Å². The van der Waals surface area contributed by atoms with Crippen molar-refractivity contribution >= 4 is 29.0 Å². The van der Waals surface area contributed by atoms with Crippen molar-refractivity contribution in [2.75, 3.05) is 19.5 Å². The van der Waals surface area contributed by atoms with Gasteiger partial charge >= 0.3 is 0 Å². The molecule has 0 radical (unpaired) electrons. The summed E-state index contributed by atoms with van der Waals surface area (Å²) in [5.74, 6) is 1.09. The minimum Gasteiger partial charge on any atom is -0.497 e. The Balaban J connectivity index is 0.00000176. The molecule has 144 valence electrons. The molecular weight excluding hydrogens is 362 g/mol. The molecule has 5 heteroatoms. The molecule has 27 heavy (non-hydrogen) atoms. The fourth-order valence-corrected chi connectivity index (χ4v) is 2.37. The van der Waals surface area contributed by atoms with Crippen molar-refractivity contribution in [3.8, 4) is 5.75 Å². The fraction of sp³-hybridized carbons (Fsp3) is 0.227. The number of ether oxygens (including phenoxy) is 2. The second-order valence-electron chi connectivity index (χ2n) is 5.33.